The van der Waals surface area contributed by atoms with Crippen LogP contribution in [0.2, 0.25) is 5.02 Å². The van der Waals surface area contributed by atoms with Crippen molar-refractivity contribution in [3.63, 3.8) is 0 Å². The maximum absolute atomic E-state index is 11.3. The first-order valence-corrected chi connectivity index (χ1v) is 6.48. The number of carboxylic acid groups (broad SMARTS) is 1. The van der Waals surface area contributed by atoms with Crippen LogP contribution >= 0.6 is 11.6 Å². The Bertz CT molecular complexity index is 545. The van der Waals surface area contributed by atoms with E-state index in [0.29, 0.717) is 5.69 Å². The molecule has 1 atom stereocenters. The highest BCUT2D eigenvalue weighted by Crippen LogP contribution is 2.35. The average molecular weight is 301 g/mol. The van der Waals surface area contributed by atoms with E-state index in [4.69, 9.17) is 11.6 Å². The fraction of sp³-hybridized carbons (Fsp3) is 0.462. The van der Waals surface area contributed by atoms with Gasteiger partial charge in [0.1, 0.15) is 0 Å². The first-order valence-electron chi connectivity index (χ1n) is 6.10. The lowest BCUT2D eigenvalue weighted by Crippen LogP contribution is -2.34. The molecule has 0 saturated heterocycles. The van der Waals surface area contributed by atoms with Gasteiger partial charge in [-0.1, -0.05) is 25.4 Å². The van der Waals surface area contributed by atoms with Crippen LogP contribution < -0.4 is 4.90 Å². The van der Waals surface area contributed by atoms with E-state index in [9.17, 15) is 20.0 Å². The smallest absolute Gasteiger partial charge is 0.338 e. The molecule has 0 spiro atoms. The summed E-state index contributed by atoms with van der Waals surface area (Å²) in [6, 6.07) is 2.24. The van der Waals surface area contributed by atoms with E-state index in [1.165, 1.54) is 6.07 Å². The molecule has 6 nitrogen and oxygen atoms in total. The van der Waals surface area contributed by atoms with Crippen molar-refractivity contribution < 1.29 is 14.8 Å². The zero-order valence-corrected chi connectivity index (χ0v) is 12.5. The molecule has 1 N–H and O–H groups in total. The number of hydrogen-bond donors (Lipinski definition) is 1. The average Bonchev–Trinajstić information content (AvgIpc) is 2.35. The maximum atomic E-state index is 11.3. The number of hydrogen-bond acceptors (Lipinski definition) is 4. The fourth-order valence-electron chi connectivity index (χ4n) is 1.86. The summed E-state index contributed by atoms with van der Waals surface area (Å²) >= 11 is 6.06. The molecule has 1 aromatic carbocycles. The minimum atomic E-state index is -1.24. The molecule has 0 fully saturated rings. The first-order chi connectivity index (χ1) is 9.16. The van der Waals surface area contributed by atoms with Crippen LogP contribution in [0.3, 0.4) is 0 Å². The molecule has 0 aliphatic rings. The van der Waals surface area contributed by atoms with Gasteiger partial charge in [0.25, 0.3) is 5.69 Å². The lowest BCUT2D eigenvalue weighted by Gasteiger charge is -2.31. The molecular formula is C13H17ClN2O4. The second-order valence-electron chi connectivity index (χ2n) is 4.98. The van der Waals surface area contributed by atoms with E-state index in [1.807, 2.05) is 20.8 Å². The lowest BCUT2D eigenvalue weighted by molar-refractivity contribution is -0.384. The van der Waals surface area contributed by atoms with Gasteiger partial charge in [-0.25, -0.2) is 4.79 Å². The molecule has 1 rings (SSSR count). The SMILES string of the molecule is CC(C)C(C)N(C)c1c(Cl)cc([N+](=O)[O-])cc1C(=O)O. The van der Waals surface area contributed by atoms with Gasteiger partial charge in [0.15, 0.2) is 0 Å². The highest BCUT2D eigenvalue weighted by atomic mass is 35.5. The number of halogens is 1. The second kappa shape index (κ2) is 6.09. The number of nitro groups is 1. The van der Waals surface area contributed by atoms with Crippen LogP contribution in [-0.4, -0.2) is 29.1 Å². The zero-order chi connectivity index (χ0) is 15.6. The van der Waals surface area contributed by atoms with Crippen molar-refractivity contribution in [3.05, 3.63) is 32.8 Å². The quantitative estimate of drug-likeness (QED) is 0.665. The van der Waals surface area contributed by atoms with Crippen LogP contribution in [0.5, 0.6) is 0 Å². The number of nitro benzene ring substituents is 1. The van der Waals surface area contributed by atoms with Gasteiger partial charge < -0.3 is 10.0 Å². The van der Waals surface area contributed by atoms with Crippen LogP contribution in [0.15, 0.2) is 12.1 Å². The summed E-state index contributed by atoms with van der Waals surface area (Å²) < 4.78 is 0. The summed E-state index contributed by atoms with van der Waals surface area (Å²) in [5.74, 6) is -0.971. The topological polar surface area (TPSA) is 83.7 Å². The van der Waals surface area contributed by atoms with Crippen LogP contribution in [0.4, 0.5) is 11.4 Å². The summed E-state index contributed by atoms with van der Waals surface area (Å²) in [5.41, 5.74) is -0.202. The molecule has 7 heteroatoms. The molecule has 1 aromatic rings. The number of rotatable bonds is 5. The van der Waals surface area contributed by atoms with Crippen LogP contribution in [0.25, 0.3) is 0 Å². The number of anilines is 1. The third-order valence-corrected chi connectivity index (χ3v) is 3.71. The van der Waals surface area contributed by atoms with Gasteiger partial charge in [0.05, 0.1) is 21.2 Å². The van der Waals surface area contributed by atoms with Gasteiger partial charge in [-0.2, -0.15) is 0 Å². The van der Waals surface area contributed by atoms with Gasteiger partial charge in [-0.3, -0.25) is 10.1 Å². The van der Waals surface area contributed by atoms with Crippen molar-refractivity contribution in [2.75, 3.05) is 11.9 Å². The Balaban J connectivity index is 3.45. The van der Waals surface area contributed by atoms with E-state index in [2.05, 4.69) is 0 Å². The van der Waals surface area contributed by atoms with Gasteiger partial charge in [0.2, 0.25) is 0 Å². The summed E-state index contributed by atoms with van der Waals surface area (Å²) in [7, 11) is 1.73. The standard InChI is InChI=1S/C13H17ClN2O4/c1-7(2)8(3)15(4)12-10(13(17)18)5-9(16(19)20)6-11(12)14/h5-8H,1-4H3,(H,17,18). The number of non-ortho nitro benzene ring substituents is 1. The molecule has 0 aliphatic carbocycles. The van der Waals surface area contributed by atoms with Gasteiger partial charge in [-0.05, 0) is 12.8 Å². The zero-order valence-electron chi connectivity index (χ0n) is 11.8. The van der Waals surface area contributed by atoms with E-state index in [0.717, 1.165) is 6.07 Å². The van der Waals surface area contributed by atoms with Gasteiger partial charge >= 0.3 is 5.97 Å². The largest absolute Gasteiger partial charge is 0.478 e. The number of carbonyl (C=O) groups is 1. The summed E-state index contributed by atoms with van der Waals surface area (Å²) in [5, 5.41) is 20.1. The van der Waals surface area contributed by atoms with E-state index in [1.54, 1.807) is 11.9 Å². The summed E-state index contributed by atoms with van der Waals surface area (Å²) in [6.07, 6.45) is 0. The number of carboxylic acids is 1. The number of nitrogens with zero attached hydrogens (tertiary/aromatic N) is 2. The molecule has 110 valence electrons. The number of aromatic carboxylic acids is 1. The predicted octanol–water partition coefficient (Wildman–Crippen LogP) is 3.43. The maximum Gasteiger partial charge on any atom is 0.338 e. The fourth-order valence-corrected chi connectivity index (χ4v) is 2.21. The van der Waals surface area contributed by atoms with Crippen molar-refractivity contribution >= 4 is 28.9 Å². The van der Waals surface area contributed by atoms with Crippen molar-refractivity contribution in [1.82, 2.24) is 0 Å². The Morgan fingerprint density at radius 2 is 1.95 bits per heavy atom. The molecule has 0 amide bonds. The summed E-state index contributed by atoms with van der Waals surface area (Å²) in [4.78, 5) is 23.2. The molecule has 0 aliphatic heterocycles. The Morgan fingerprint density at radius 3 is 2.35 bits per heavy atom. The highest BCUT2D eigenvalue weighted by Gasteiger charge is 2.25. The van der Waals surface area contributed by atoms with Crippen molar-refractivity contribution in [2.24, 2.45) is 5.92 Å². The van der Waals surface area contributed by atoms with E-state index < -0.39 is 10.9 Å². The molecule has 1 unspecified atom stereocenters. The van der Waals surface area contributed by atoms with Gasteiger partial charge in [0, 0.05) is 25.2 Å². The molecule has 0 radical (unpaired) electrons. The molecule has 0 saturated carbocycles. The first kappa shape index (κ1) is 16.2. The Morgan fingerprint density at radius 1 is 1.40 bits per heavy atom. The van der Waals surface area contributed by atoms with Crippen LogP contribution in [0.1, 0.15) is 31.1 Å². The normalized spacial score (nSPS) is 12.3. The van der Waals surface area contributed by atoms with E-state index >= 15 is 0 Å². The van der Waals surface area contributed by atoms with Crippen molar-refractivity contribution in [2.45, 2.75) is 26.8 Å². The van der Waals surface area contributed by atoms with E-state index in [-0.39, 0.29) is 28.2 Å². The molecular weight excluding hydrogens is 284 g/mol. The minimum absolute atomic E-state index is 0.0343. The Labute approximate surface area is 122 Å². The molecule has 0 bridgehead atoms. The number of benzene rings is 1. The third kappa shape index (κ3) is 3.19. The van der Waals surface area contributed by atoms with Crippen molar-refractivity contribution in [1.29, 1.82) is 0 Å². The predicted molar refractivity (Wildman–Crippen MR) is 77.8 cm³/mol. The third-order valence-electron chi connectivity index (χ3n) is 3.42. The molecule has 0 aromatic heterocycles. The second-order valence-corrected chi connectivity index (χ2v) is 5.39. The Kier molecular flexibility index (Phi) is 4.94. The molecule has 20 heavy (non-hydrogen) atoms. The van der Waals surface area contributed by atoms with Crippen LogP contribution in [-0.2, 0) is 0 Å². The monoisotopic (exact) mass is 300 g/mol. The Hall–Kier alpha value is -1.82. The minimum Gasteiger partial charge on any atom is -0.478 e. The van der Waals surface area contributed by atoms with Crippen LogP contribution in [0, 0.1) is 16.0 Å². The summed E-state index contributed by atoms with van der Waals surface area (Å²) in [6.45, 7) is 5.94. The highest BCUT2D eigenvalue weighted by molar-refractivity contribution is 6.34. The van der Waals surface area contributed by atoms with Crippen molar-refractivity contribution in [3.8, 4) is 0 Å². The molecule has 0 heterocycles. The lowest BCUT2D eigenvalue weighted by atomic mass is 10.0. The van der Waals surface area contributed by atoms with Gasteiger partial charge in [-0.15, -0.1) is 0 Å².